The van der Waals surface area contributed by atoms with E-state index < -0.39 is 34.7 Å². The summed E-state index contributed by atoms with van der Waals surface area (Å²) in [6.45, 7) is -0.00506. The molecule has 0 bridgehead atoms. The van der Waals surface area contributed by atoms with Crippen molar-refractivity contribution >= 4 is 23.2 Å². The van der Waals surface area contributed by atoms with Crippen molar-refractivity contribution in [1.29, 1.82) is 0 Å². The number of phenolic OH excluding ortho intramolecular Hbond substituents is 1. The van der Waals surface area contributed by atoms with Crippen molar-refractivity contribution in [1.82, 2.24) is 10.6 Å². The molecule has 122 valence electrons. The molecule has 3 N–H and O–H groups in total. The van der Waals surface area contributed by atoms with Gasteiger partial charge in [-0.25, -0.2) is 8.78 Å². The van der Waals surface area contributed by atoms with Crippen LogP contribution in [0.15, 0.2) is 23.6 Å². The lowest BCUT2D eigenvalue weighted by molar-refractivity contribution is 0.0926. The van der Waals surface area contributed by atoms with E-state index in [1.807, 2.05) is 0 Å². The predicted molar refractivity (Wildman–Crippen MR) is 77.0 cm³/mol. The first kappa shape index (κ1) is 16.8. The maximum absolute atomic E-state index is 13.5. The summed E-state index contributed by atoms with van der Waals surface area (Å²) in [4.78, 5) is 23.8. The van der Waals surface area contributed by atoms with Crippen LogP contribution in [0.4, 0.5) is 13.2 Å². The molecule has 0 spiro atoms. The molecule has 5 nitrogen and oxygen atoms in total. The fourth-order valence-corrected chi connectivity index (χ4v) is 2.34. The van der Waals surface area contributed by atoms with Gasteiger partial charge in [-0.1, -0.05) is 6.07 Å². The predicted octanol–water partition coefficient (Wildman–Crippen LogP) is 2.03. The van der Waals surface area contributed by atoms with E-state index in [2.05, 4.69) is 10.6 Å². The van der Waals surface area contributed by atoms with Gasteiger partial charge in [-0.05, 0) is 17.5 Å². The van der Waals surface area contributed by atoms with Gasteiger partial charge in [0.2, 0.25) is 5.82 Å². The maximum atomic E-state index is 13.5. The van der Waals surface area contributed by atoms with E-state index in [1.165, 1.54) is 11.3 Å². The van der Waals surface area contributed by atoms with Gasteiger partial charge in [0, 0.05) is 13.1 Å². The summed E-state index contributed by atoms with van der Waals surface area (Å²) in [5.41, 5.74) is -0.828. The molecule has 1 aromatic heterocycles. The monoisotopic (exact) mass is 344 g/mol. The Kier molecular flexibility index (Phi) is 5.22. The third-order valence-corrected chi connectivity index (χ3v) is 3.69. The zero-order valence-corrected chi connectivity index (χ0v) is 12.3. The third kappa shape index (κ3) is 3.81. The number of hydrogen-bond acceptors (Lipinski definition) is 4. The highest BCUT2D eigenvalue weighted by atomic mass is 32.1. The number of nitrogens with one attached hydrogen (secondary N) is 2. The Labute approximate surface area is 132 Å². The smallest absolute Gasteiger partial charge is 0.261 e. The molecule has 1 aromatic carbocycles. The van der Waals surface area contributed by atoms with E-state index in [-0.39, 0.29) is 19.0 Å². The van der Waals surface area contributed by atoms with Crippen LogP contribution < -0.4 is 10.6 Å². The number of phenols is 1. The summed E-state index contributed by atoms with van der Waals surface area (Å²) in [7, 11) is 0. The molecule has 1 heterocycles. The van der Waals surface area contributed by atoms with Crippen molar-refractivity contribution < 1.29 is 27.9 Å². The van der Waals surface area contributed by atoms with E-state index >= 15 is 0 Å². The number of halogens is 3. The lowest BCUT2D eigenvalue weighted by Gasteiger charge is -2.08. The molecule has 0 fully saturated rings. The Morgan fingerprint density at radius 1 is 1.09 bits per heavy atom. The number of benzene rings is 1. The minimum absolute atomic E-state index is 0.0553. The fourth-order valence-electron chi connectivity index (χ4n) is 1.70. The van der Waals surface area contributed by atoms with Gasteiger partial charge in [0.05, 0.1) is 10.4 Å². The zero-order chi connectivity index (χ0) is 17.0. The quantitative estimate of drug-likeness (QED) is 0.574. The molecule has 2 aromatic rings. The molecule has 0 atom stereocenters. The standard InChI is InChI=1S/C14H11F3N2O3S/c15-8-6-7(10(16)12(20)11(8)17)13(21)18-3-4-19-14(22)9-2-1-5-23-9/h1-2,5-6,20H,3-4H2,(H,18,21)(H,19,22). The molecule has 23 heavy (non-hydrogen) atoms. The normalized spacial score (nSPS) is 10.4. The van der Waals surface area contributed by atoms with Gasteiger partial charge in [-0.3, -0.25) is 9.59 Å². The number of carbonyl (C=O) groups excluding carboxylic acids is 2. The van der Waals surface area contributed by atoms with Crippen molar-refractivity contribution in [3.05, 3.63) is 51.5 Å². The highest BCUT2D eigenvalue weighted by molar-refractivity contribution is 7.12. The van der Waals surface area contributed by atoms with E-state index in [4.69, 9.17) is 5.11 Å². The van der Waals surface area contributed by atoms with Crippen LogP contribution in [0.2, 0.25) is 0 Å². The van der Waals surface area contributed by atoms with Crippen LogP contribution in [0.25, 0.3) is 0 Å². The van der Waals surface area contributed by atoms with Crippen molar-refractivity contribution in [2.24, 2.45) is 0 Å². The Morgan fingerprint density at radius 2 is 1.74 bits per heavy atom. The number of amides is 2. The number of thiophene rings is 1. The van der Waals surface area contributed by atoms with E-state index in [0.29, 0.717) is 10.9 Å². The van der Waals surface area contributed by atoms with Crippen molar-refractivity contribution in [3.63, 3.8) is 0 Å². The summed E-state index contributed by atoms with van der Waals surface area (Å²) in [5, 5.41) is 15.5. The van der Waals surface area contributed by atoms with Crippen LogP contribution in [0.5, 0.6) is 5.75 Å². The highest BCUT2D eigenvalue weighted by Crippen LogP contribution is 2.25. The zero-order valence-electron chi connectivity index (χ0n) is 11.5. The second kappa shape index (κ2) is 7.14. The molecule has 0 aliphatic carbocycles. The topological polar surface area (TPSA) is 78.4 Å². The van der Waals surface area contributed by atoms with Crippen LogP contribution in [-0.4, -0.2) is 30.0 Å². The lowest BCUT2D eigenvalue weighted by Crippen LogP contribution is -2.34. The lowest BCUT2D eigenvalue weighted by atomic mass is 10.1. The van der Waals surface area contributed by atoms with Crippen molar-refractivity contribution in [3.8, 4) is 5.75 Å². The maximum Gasteiger partial charge on any atom is 0.261 e. The SMILES string of the molecule is O=C(NCCNC(=O)c1cc(F)c(F)c(O)c1F)c1cccs1. The van der Waals surface area contributed by atoms with Gasteiger partial charge in [-0.15, -0.1) is 11.3 Å². The number of aromatic hydroxyl groups is 1. The van der Waals surface area contributed by atoms with E-state index in [0.717, 1.165) is 0 Å². The second-order valence-corrected chi connectivity index (χ2v) is 5.32. The van der Waals surface area contributed by atoms with Gasteiger partial charge in [0.25, 0.3) is 11.8 Å². The van der Waals surface area contributed by atoms with Crippen LogP contribution in [-0.2, 0) is 0 Å². The molecule has 0 saturated carbocycles. The molecule has 0 aliphatic rings. The minimum Gasteiger partial charge on any atom is -0.503 e. The average molecular weight is 344 g/mol. The summed E-state index contributed by atoms with van der Waals surface area (Å²) < 4.78 is 39.5. The van der Waals surface area contributed by atoms with Crippen molar-refractivity contribution in [2.75, 3.05) is 13.1 Å². The van der Waals surface area contributed by atoms with E-state index in [9.17, 15) is 22.8 Å². The van der Waals surface area contributed by atoms with Crippen LogP contribution in [0.1, 0.15) is 20.0 Å². The Morgan fingerprint density at radius 3 is 2.35 bits per heavy atom. The minimum atomic E-state index is -1.76. The third-order valence-electron chi connectivity index (χ3n) is 2.82. The first-order chi connectivity index (χ1) is 10.9. The highest BCUT2D eigenvalue weighted by Gasteiger charge is 2.22. The average Bonchev–Trinajstić information content (AvgIpc) is 3.07. The molecule has 0 aliphatic heterocycles. The Bertz CT molecular complexity index is 735. The summed E-state index contributed by atoms with van der Waals surface area (Å²) in [5.74, 6) is -7.78. The number of rotatable bonds is 5. The molecule has 9 heteroatoms. The van der Waals surface area contributed by atoms with Gasteiger partial charge >= 0.3 is 0 Å². The Hall–Kier alpha value is -2.55. The largest absolute Gasteiger partial charge is 0.503 e. The second-order valence-electron chi connectivity index (χ2n) is 4.37. The van der Waals surface area contributed by atoms with Crippen LogP contribution in [0.3, 0.4) is 0 Å². The summed E-state index contributed by atoms with van der Waals surface area (Å²) in [6.07, 6.45) is 0. The van der Waals surface area contributed by atoms with Gasteiger partial charge < -0.3 is 15.7 Å². The molecule has 0 radical (unpaired) electrons. The molecule has 2 rings (SSSR count). The first-order valence-electron chi connectivity index (χ1n) is 6.38. The number of carbonyl (C=O) groups is 2. The van der Waals surface area contributed by atoms with Crippen LogP contribution in [0, 0.1) is 17.5 Å². The van der Waals surface area contributed by atoms with Gasteiger partial charge in [-0.2, -0.15) is 4.39 Å². The molecule has 0 saturated heterocycles. The first-order valence-corrected chi connectivity index (χ1v) is 7.26. The molecule has 2 amide bonds. The van der Waals surface area contributed by atoms with E-state index in [1.54, 1.807) is 17.5 Å². The van der Waals surface area contributed by atoms with Crippen molar-refractivity contribution in [2.45, 2.75) is 0 Å². The molecular weight excluding hydrogens is 333 g/mol. The summed E-state index contributed by atoms with van der Waals surface area (Å²) in [6, 6.07) is 3.68. The van der Waals surface area contributed by atoms with Gasteiger partial charge in [0.1, 0.15) is 0 Å². The number of hydrogen-bond donors (Lipinski definition) is 3. The fraction of sp³-hybridized carbons (Fsp3) is 0.143. The Balaban J connectivity index is 1.89. The summed E-state index contributed by atoms with van der Waals surface area (Å²) >= 11 is 1.24. The molecule has 0 unspecified atom stereocenters. The molecular formula is C14H11F3N2O3S. The van der Waals surface area contributed by atoms with Crippen LogP contribution >= 0.6 is 11.3 Å². The van der Waals surface area contributed by atoms with Gasteiger partial charge in [0.15, 0.2) is 17.4 Å².